The second kappa shape index (κ2) is 4.24. The van der Waals surface area contributed by atoms with Gasteiger partial charge in [0.05, 0.1) is 0 Å². The van der Waals surface area contributed by atoms with Crippen LogP contribution in [0.3, 0.4) is 0 Å². The molecule has 0 aromatic heterocycles. The molecule has 1 atom stereocenters. The zero-order valence-electron chi connectivity index (χ0n) is 9.42. The highest BCUT2D eigenvalue weighted by Gasteiger charge is 2.52. The minimum atomic E-state index is -4.74. The number of halogens is 4. The summed E-state index contributed by atoms with van der Waals surface area (Å²) >= 11 is 3.09. The summed E-state index contributed by atoms with van der Waals surface area (Å²) in [6.07, 6.45) is -4.74. The Morgan fingerprint density at radius 1 is 1.06 bits per heavy atom. The predicted molar refractivity (Wildman–Crippen MR) is 67.3 cm³/mol. The lowest BCUT2D eigenvalue weighted by Gasteiger charge is -2.29. The topological polar surface area (TPSA) is 20.2 Å². The molecule has 96 valence electrons. The van der Waals surface area contributed by atoms with Crippen LogP contribution >= 0.6 is 15.9 Å². The quantitative estimate of drug-likeness (QED) is 0.827. The van der Waals surface area contributed by atoms with Gasteiger partial charge >= 0.3 is 6.18 Å². The lowest BCUT2D eigenvalue weighted by molar-refractivity contribution is -0.258. The smallest absolute Gasteiger partial charge is 0.376 e. The largest absolute Gasteiger partial charge is 0.421 e. The van der Waals surface area contributed by atoms with E-state index >= 15 is 0 Å². The Morgan fingerprint density at radius 3 is 2.28 bits per heavy atom. The summed E-state index contributed by atoms with van der Waals surface area (Å²) in [6, 6.07) is 9.87. The molecule has 0 radical (unpaired) electrons. The molecule has 2 rings (SSSR count). The molecule has 0 heterocycles. The van der Waals surface area contributed by atoms with Crippen molar-refractivity contribution < 1.29 is 18.3 Å². The van der Waals surface area contributed by atoms with E-state index in [1.807, 2.05) is 0 Å². The van der Waals surface area contributed by atoms with E-state index in [0.29, 0.717) is 10.8 Å². The Morgan fingerprint density at radius 2 is 1.67 bits per heavy atom. The van der Waals surface area contributed by atoms with E-state index < -0.39 is 11.8 Å². The fourth-order valence-corrected chi connectivity index (χ4v) is 2.61. The summed E-state index contributed by atoms with van der Waals surface area (Å²) in [4.78, 5) is 0. The van der Waals surface area contributed by atoms with E-state index in [1.165, 1.54) is 6.07 Å². The molecule has 0 amide bonds. The predicted octanol–water partition coefficient (Wildman–Crippen LogP) is 4.37. The second-order valence-electron chi connectivity index (χ2n) is 4.21. The summed E-state index contributed by atoms with van der Waals surface area (Å²) in [5.41, 5.74) is -3.06. The van der Waals surface area contributed by atoms with Crippen LogP contribution in [-0.2, 0) is 5.60 Å². The molecule has 0 aliphatic carbocycles. The first-order valence-electron chi connectivity index (χ1n) is 5.22. The van der Waals surface area contributed by atoms with Crippen molar-refractivity contribution in [3.8, 4) is 0 Å². The minimum absolute atomic E-state index is 0.159. The van der Waals surface area contributed by atoms with Crippen LogP contribution in [0.25, 0.3) is 10.8 Å². The highest BCUT2D eigenvalue weighted by atomic mass is 79.9. The second-order valence-corrected chi connectivity index (χ2v) is 5.07. The minimum Gasteiger partial charge on any atom is -0.376 e. The molecule has 2 aromatic rings. The molecule has 0 saturated heterocycles. The molecule has 0 bridgehead atoms. The van der Waals surface area contributed by atoms with Gasteiger partial charge in [-0.05, 0) is 23.8 Å². The third-order valence-electron chi connectivity index (χ3n) is 2.92. The van der Waals surface area contributed by atoms with Crippen molar-refractivity contribution in [3.05, 3.63) is 46.4 Å². The molecule has 1 nitrogen and oxygen atoms in total. The van der Waals surface area contributed by atoms with Gasteiger partial charge in [0.1, 0.15) is 0 Å². The lowest BCUT2D eigenvalue weighted by Crippen LogP contribution is -2.39. The summed E-state index contributed by atoms with van der Waals surface area (Å²) < 4.78 is 39.1. The molecular weight excluding hydrogens is 309 g/mol. The molecular formula is C13H10BrF3O. The number of alkyl halides is 3. The first kappa shape index (κ1) is 13.4. The lowest BCUT2D eigenvalue weighted by atomic mass is 9.90. The van der Waals surface area contributed by atoms with Crippen molar-refractivity contribution in [2.24, 2.45) is 0 Å². The molecule has 0 aliphatic rings. The molecule has 1 N–H and O–H groups in total. The Kier molecular flexibility index (Phi) is 3.15. The van der Waals surface area contributed by atoms with Crippen molar-refractivity contribution in [2.45, 2.75) is 18.7 Å². The number of benzene rings is 2. The third-order valence-corrected chi connectivity index (χ3v) is 3.58. The van der Waals surface area contributed by atoms with Crippen LogP contribution in [0.4, 0.5) is 13.2 Å². The maximum Gasteiger partial charge on any atom is 0.421 e. The maximum absolute atomic E-state index is 13.0. The van der Waals surface area contributed by atoms with Crippen molar-refractivity contribution in [3.63, 3.8) is 0 Å². The Hall–Kier alpha value is -1.07. The molecule has 0 fully saturated rings. The molecule has 2 aromatic carbocycles. The van der Waals surface area contributed by atoms with Crippen LogP contribution in [0, 0.1) is 0 Å². The van der Waals surface area contributed by atoms with Crippen LogP contribution < -0.4 is 0 Å². The number of rotatable bonds is 1. The van der Waals surface area contributed by atoms with Crippen molar-refractivity contribution in [1.82, 2.24) is 0 Å². The molecule has 18 heavy (non-hydrogen) atoms. The molecule has 1 unspecified atom stereocenters. The van der Waals surface area contributed by atoms with E-state index in [1.54, 1.807) is 30.3 Å². The van der Waals surface area contributed by atoms with Gasteiger partial charge in [0.2, 0.25) is 0 Å². The van der Waals surface area contributed by atoms with Gasteiger partial charge in [0.15, 0.2) is 5.60 Å². The van der Waals surface area contributed by atoms with E-state index in [4.69, 9.17) is 0 Å². The maximum atomic E-state index is 13.0. The average molecular weight is 319 g/mol. The Labute approximate surface area is 110 Å². The van der Waals surface area contributed by atoms with E-state index in [-0.39, 0.29) is 10.0 Å². The fourth-order valence-electron chi connectivity index (χ4n) is 1.88. The third kappa shape index (κ3) is 2.01. The van der Waals surface area contributed by atoms with E-state index in [0.717, 1.165) is 6.92 Å². The normalized spacial score (nSPS) is 15.7. The van der Waals surface area contributed by atoms with Gasteiger partial charge in [0, 0.05) is 10.0 Å². The summed E-state index contributed by atoms with van der Waals surface area (Å²) in [5, 5.41) is 10.9. The molecule has 0 spiro atoms. The Balaban J connectivity index is 2.82. The number of hydrogen-bond acceptors (Lipinski definition) is 1. The SMILES string of the molecule is CC(O)(c1c(Br)ccc2ccccc12)C(F)(F)F. The summed E-state index contributed by atoms with van der Waals surface area (Å²) in [7, 11) is 0. The van der Waals surface area contributed by atoms with Gasteiger partial charge < -0.3 is 5.11 Å². The highest BCUT2D eigenvalue weighted by Crippen LogP contribution is 2.44. The molecule has 5 heteroatoms. The van der Waals surface area contributed by atoms with Crippen LogP contribution in [0.1, 0.15) is 12.5 Å². The van der Waals surface area contributed by atoms with E-state index in [2.05, 4.69) is 15.9 Å². The Bertz CT molecular complexity index is 590. The first-order valence-corrected chi connectivity index (χ1v) is 6.01. The zero-order chi connectivity index (χ0) is 13.6. The van der Waals surface area contributed by atoms with Crippen LogP contribution in [0.5, 0.6) is 0 Å². The van der Waals surface area contributed by atoms with Crippen molar-refractivity contribution in [1.29, 1.82) is 0 Å². The van der Waals surface area contributed by atoms with Gasteiger partial charge in [-0.15, -0.1) is 0 Å². The first-order chi connectivity index (χ1) is 8.25. The van der Waals surface area contributed by atoms with Crippen LogP contribution in [-0.4, -0.2) is 11.3 Å². The van der Waals surface area contributed by atoms with Gasteiger partial charge in [-0.3, -0.25) is 0 Å². The van der Waals surface area contributed by atoms with Gasteiger partial charge in [-0.1, -0.05) is 46.3 Å². The fraction of sp³-hybridized carbons (Fsp3) is 0.231. The highest BCUT2D eigenvalue weighted by molar-refractivity contribution is 9.10. The summed E-state index contributed by atoms with van der Waals surface area (Å²) in [5.74, 6) is 0. The zero-order valence-corrected chi connectivity index (χ0v) is 11.0. The summed E-state index contributed by atoms with van der Waals surface area (Å²) in [6.45, 7) is 0.763. The van der Waals surface area contributed by atoms with Crippen molar-refractivity contribution in [2.75, 3.05) is 0 Å². The van der Waals surface area contributed by atoms with Gasteiger partial charge in [-0.25, -0.2) is 0 Å². The van der Waals surface area contributed by atoms with Gasteiger partial charge in [-0.2, -0.15) is 13.2 Å². The van der Waals surface area contributed by atoms with Crippen LogP contribution in [0.2, 0.25) is 0 Å². The van der Waals surface area contributed by atoms with E-state index in [9.17, 15) is 18.3 Å². The standard InChI is InChI=1S/C13H10BrF3O/c1-12(18,13(15,16)17)11-9-5-3-2-4-8(9)6-7-10(11)14/h2-7,18H,1H3. The average Bonchev–Trinajstić information content (AvgIpc) is 2.26. The van der Waals surface area contributed by atoms with Crippen LogP contribution in [0.15, 0.2) is 40.9 Å². The molecule has 0 aliphatic heterocycles. The monoisotopic (exact) mass is 318 g/mol. The van der Waals surface area contributed by atoms with Gasteiger partial charge in [0.25, 0.3) is 0 Å². The van der Waals surface area contributed by atoms with Crippen molar-refractivity contribution >= 4 is 26.7 Å². The number of fused-ring (bicyclic) bond motifs is 1. The molecule has 0 saturated carbocycles. The number of hydrogen-bond donors (Lipinski definition) is 1. The number of aliphatic hydroxyl groups is 1.